The van der Waals surface area contributed by atoms with Crippen LogP contribution in [0.15, 0.2) is 30.3 Å². The van der Waals surface area contributed by atoms with Crippen molar-refractivity contribution in [2.75, 3.05) is 5.32 Å². The van der Waals surface area contributed by atoms with Crippen LogP contribution in [0.1, 0.15) is 26.2 Å². The van der Waals surface area contributed by atoms with Gasteiger partial charge in [0, 0.05) is 18.2 Å². The zero-order valence-electron chi connectivity index (χ0n) is 9.07. The smallest absolute Gasteiger partial charge is 0.224 e. The van der Waals surface area contributed by atoms with E-state index >= 15 is 0 Å². The number of anilines is 1. The maximum absolute atomic E-state index is 11.4. The van der Waals surface area contributed by atoms with Crippen molar-refractivity contribution in [2.24, 2.45) is 5.73 Å². The lowest BCUT2D eigenvalue weighted by molar-refractivity contribution is -0.116. The molecule has 3 nitrogen and oxygen atoms in total. The highest BCUT2D eigenvalue weighted by atomic mass is 16.1. The van der Waals surface area contributed by atoms with Crippen molar-refractivity contribution in [3.63, 3.8) is 0 Å². The summed E-state index contributed by atoms with van der Waals surface area (Å²) in [6.45, 7) is 1.95. The molecule has 82 valence electrons. The maximum atomic E-state index is 11.4. The van der Waals surface area contributed by atoms with E-state index in [0.717, 1.165) is 18.5 Å². The molecule has 3 N–H and O–H groups in total. The zero-order valence-corrected chi connectivity index (χ0v) is 9.07. The number of nitrogens with one attached hydrogen (secondary N) is 1. The molecule has 1 unspecified atom stereocenters. The highest BCUT2D eigenvalue weighted by molar-refractivity contribution is 5.90. The molecule has 0 radical (unpaired) electrons. The fourth-order valence-corrected chi connectivity index (χ4v) is 1.33. The molecular weight excluding hydrogens is 188 g/mol. The summed E-state index contributed by atoms with van der Waals surface area (Å²) in [5.74, 6) is 0.0573. The van der Waals surface area contributed by atoms with Crippen LogP contribution >= 0.6 is 0 Å². The number of amides is 1. The van der Waals surface area contributed by atoms with Crippen molar-refractivity contribution in [3.05, 3.63) is 30.3 Å². The van der Waals surface area contributed by atoms with Crippen LogP contribution in [0.4, 0.5) is 5.69 Å². The van der Waals surface area contributed by atoms with Crippen LogP contribution in [0.5, 0.6) is 0 Å². The van der Waals surface area contributed by atoms with E-state index in [1.54, 1.807) is 0 Å². The van der Waals surface area contributed by atoms with Crippen LogP contribution < -0.4 is 11.1 Å². The number of para-hydroxylation sites is 1. The molecule has 0 aliphatic carbocycles. The Morgan fingerprint density at radius 2 is 2.07 bits per heavy atom. The van der Waals surface area contributed by atoms with Gasteiger partial charge in [0.1, 0.15) is 0 Å². The van der Waals surface area contributed by atoms with Gasteiger partial charge in [-0.2, -0.15) is 0 Å². The van der Waals surface area contributed by atoms with Crippen molar-refractivity contribution in [2.45, 2.75) is 32.2 Å². The van der Waals surface area contributed by atoms with Gasteiger partial charge in [-0.05, 0) is 31.9 Å². The fraction of sp³-hybridized carbons (Fsp3) is 0.417. The Bertz CT molecular complexity index is 296. The molecule has 1 amide bonds. The Balaban J connectivity index is 2.25. The van der Waals surface area contributed by atoms with E-state index in [0.29, 0.717) is 6.42 Å². The molecule has 0 spiro atoms. The second-order valence-electron chi connectivity index (χ2n) is 3.78. The summed E-state index contributed by atoms with van der Waals surface area (Å²) in [5, 5.41) is 2.84. The molecule has 0 aromatic heterocycles. The predicted octanol–water partition coefficient (Wildman–Crippen LogP) is 2.14. The third-order valence-corrected chi connectivity index (χ3v) is 2.12. The summed E-state index contributed by atoms with van der Waals surface area (Å²) < 4.78 is 0. The topological polar surface area (TPSA) is 55.1 Å². The van der Waals surface area contributed by atoms with Crippen LogP contribution in [0.25, 0.3) is 0 Å². The molecule has 0 aliphatic heterocycles. The second kappa shape index (κ2) is 6.19. The number of rotatable bonds is 5. The van der Waals surface area contributed by atoms with Crippen molar-refractivity contribution in [3.8, 4) is 0 Å². The number of benzene rings is 1. The quantitative estimate of drug-likeness (QED) is 0.775. The first-order valence-corrected chi connectivity index (χ1v) is 5.29. The van der Waals surface area contributed by atoms with E-state index in [2.05, 4.69) is 5.32 Å². The summed E-state index contributed by atoms with van der Waals surface area (Å²) in [5.41, 5.74) is 6.45. The number of hydrogen-bond donors (Lipinski definition) is 2. The van der Waals surface area contributed by atoms with Crippen LogP contribution in [-0.4, -0.2) is 11.9 Å². The maximum Gasteiger partial charge on any atom is 0.224 e. The lowest BCUT2D eigenvalue weighted by Gasteiger charge is -2.06. The SMILES string of the molecule is CC(N)CCCC(=O)Nc1ccccc1. The van der Waals surface area contributed by atoms with Gasteiger partial charge in [0.2, 0.25) is 5.91 Å². The number of carbonyl (C=O) groups excluding carboxylic acids is 1. The molecule has 15 heavy (non-hydrogen) atoms. The van der Waals surface area contributed by atoms with Gasteiger partial charge in [0.15, 0.2) is 0 Å². The van der Waals surface area contributed by atoms with Gasteiger partial charge in [0.25, 0.3) is 0 Å². The Morgan fingerprint density at radius 1 is 1.40 bits per heavy atom. The first-order chi connectivity index (χ1) is 7.18. The minimum Gasteiger partial charge on any atom is -0.328 e. The standard InChI is InChI=1S/C12H18N2O/c1-10(13)6-5-9-12(15)14-11-7-3-2-4-8-11/h2-4,7-8,10H,5-6,9,13H2,1H3,(H,14,15). The lowest BCUT2D eigenvalue weighted by atomic mass is 10.1. The van der Waals surface area contributed by atoms with Crippen molar-refractivity contribution in [1.82, 2.24) is 0 Å². The van der Waals surface area contributed by atoms with Gasteiger partial charge < -0.3 is 11.1 Å². The van der Waals surface area contributed by atoms with Crippen LogP contribution in [-0.2, 0) is 4.79 Å². The van der Waals surface area contributed by atoms with Crippen molar-refractivity contribution < 1.29 is 4.79 Å². The lowest BCUT2D eigenvalue weighted by Crippen LogP contribution is -2.16. The molecule has 0 fully saturated rings. The highest BCUT2D eigenvalue weighted by Gasteiger charge is 2.02. The minimum absolute atomic E-state index is 0.0573. The molecule has 0 saturated carbocycles. The predicted molar refractivity (Wildman–Crippen MR) is 62.6 cm³/mol. The molecule has 0 saturated heterocycles. The molecule has 1 aromatic rings. The normalized spacial score (nSPS) is 12.1. The third-order valence-electron chi connectivity index (χ3n) is 2.12. The molecule has 3 heteroatoms. The molecular formula is C12H18N2O. The monoisotopic (exact) mass is 206 g/mol. The van der Waals surface area contributed by atoms with E-state index in [1.165, 1.54) is 0 Å². The van der Waals surface area contributed by atoms with Crippen molar-refractivity contribution >= 4 is 11.6 Å². The zero-order chi connectivity index (χ0) is 11.1. The Labute approximate surface area is 90.7 Å². The average molecular weight is 206 g/mol. The van der Waals surface area contributed by atoms with E-state index in [9.17, 15) is 4.79 Å². The summed E-state index contributed by atoms with van der Waals surface area (Å²) in [6.07, 6.45) is 2.27. The Morgan fingerprint density at radius 3 is 2.67 bits per heavy atom. The molecule has 0 bridgehead atoms. The number of nitrogens with two attached hydrogens (primary N) is 1. The molecule has 1 atom stereocenters. The summed E-state index contributed by atoms with van der Waals surface area (Å²) in [4.78, 5) is 11.4. The molecule has 1 aromatic carbocycles. The molecule has 1 rings (SSSR count). The summed E-state index contributed by atoms with van der Waals surface area (Å²) >= 11 is 0. The largest absolute Gasteiger partial charge is 0.328 e. The summed E-state index contributed by atoms with van der Waals surface area (Å²) in [6, 6.07) is 9.66. The fourth-order valence-electron chi connectivity index (χ4n) is 1.33. The van der Waals surface area contributed by atoms with Gasteiger partial charge in [-0.1, -0.05) is 18.2 Å². The summed E-state index contributed by atoms with van der Waals surface area (Å²) in [7, 11) is 0. The minimum atomic E-state index is 0.0573. The first-order valence-electron chi connectivity index (χ1n) is 5.29. The second-order valence-corrected chi connectivity index (χ2v) is 3.78. The Kier molecular flexibility index (Phi) is 4.84. The van der Waals surface area contributed by atoms with Gasteiger partial charge in [-0.15, -0.1) is 0 Å². The third kappa shape index (κ3) is 5.18. The molecule has 0 aliphatic rings. The molecule has 0 heterocycles. The Hall–Kier alpha value is -1.35. The van der Waals surface area contributed by atoms with Gasteiger partial charge in [-0.3, -0.25) is 4.79 Å². The van der Waals surface area contributed by atoms with Gasteiger partial charge in [0.05, 0.1) is 0 Å². The van der Waals surface area contributed by atoms with E-state index in [1.807, 2.05) is 37.3 Å². The van der Waals surface area contributed by atoms with Gasteiger partial charge >= 0.3 is 0 Å². The first kappa shape index (κ1) is 11.7. The van der Waals surface area contributed by atoms with Gasteiger partial charge in [-0.25, -0.2) is 0 Å². The number of carbonyl (C=O) groups is 1. The van der Waals surface area contributed by atoms with E-state index < -0.39 is 0 Å². The average Bonchev–Trinajstić information content (AvgIpc) is 2.18. The van der Waals surface area contributed by atoms with E-state index in [4.69, 9.17) is 5.73 Å². The van der Waals surface area contributed by atoms with Crippen LogP contribution in [0, 0.1) is 0 Å². The van der Waals surface area contributed by atoms with Crippen LogP contribution in [0.3, 0.4) is 0 Å². The van der Waals surface area contributed by atoms with Crippen molar-refractivity contribution in [1.29, 1.82) is 0 Å². The van der Waals surface area contributed by atoms with E-state index in [-0.39, 0.29) is 11.9 Å². The number of hydrogen-bond acceptors (Lipinski definition) is 2. The highest BCUT2D eigenvalue weighted by Crippen LogP contribution is 2.07. The van der Waals surface area contributed by atoms with Crippen LogP contribution in [0.2, 0.25) is 0 Å².